The average molecular weight is 1970 g/mol. The molecule has 12 N–H and O–H groups in total. The highest BCUT2D eigenvalue weighted by atomic mass is 79.9. The first kappa shape index (κ1) is 106. The number of aliphatic hydroxyl groups is 4. The van der Waals surface area contributed by atoms with E-state index < -0.39 is 149 Å². The first-order valence-electron chi connectivity index (χ1n) is 37.3. The molecule has 0 radical (unpaired) electrons. The molecule has 4 unspecified atom stereocenters. The van der Waals surface area contributed by atoms with Gasteiger partial charge in [-0.2, -0.15) is 5.09 Å². The Hall–Kier alpha value is -8.32. The number of para-hydroxylation sites is 1. The summed E-state index contributed by atoms with van der Waals surface area (Å²) in [6.45, 7) is 14.1. The van der Waals surface area contributed by atoms with E-state index in [-0.39, 0.29) is 120 Å². The van der Waals surface area contributed by atoms with Gasteiger partial charge in [0.2, 0.25) is 0 Å². The van der Waals surface area contributed by atoms with Crippen LogP contribution in [0.1, 0.15) is 144 Å². The highest BCUT2D eigenvalue weighted by molar-refractivity contribution is 9.09. The van der Waals surface area contributed by atoms with Crippen LogP contribution in [0.5, 0.6) is 5.75 Å². The predicted octanol–water partition coefficient (Wildman–Crippen LogP) is 15.6. The molecule has 0 bridgehead atoms. The van der Waals surface area contributed by atoms with Crippen LogP contribution in [0, 0.1) is 23.3 Å². The number of aliphatic hydroxyl groups excluding tert-OH is 4. The number of nitrogens with one attached hydrogen (secondary N) is 2. The fraction of sp³-hybridized carbons (Fsp3) is 0.444. The van der Waals surface area contributed by atoms with E-state index in [1.807, 2.05) is 32.9 Å². The number of esters is 3. The van der Waals surface area contributed by atoms with Gasteiger partial charge >= 0.3 is 25.7 Å². The fourth-order valence-corrected chi connectivity index (χ4v) is 17.0. The van der Waals surface area contributed by atoms with E-state index in [2.05, 4.69) is 71.6 Å². The molecule has 8 aromatic heterocycles. The number of H-pyrrole nitrogens is 1. The van der Waals surface area contributed by atoms with Crippen LogP contribution in [0.15, 0.2) is 141 Å². The van der Waals surface area contributed by atoms with Crippen LogP contribution in [-0.4, -0.2) is 202 Å². The second-order valence-corrected chi connectivity index (χ2v) is 35.1. The maximum atomic E-state index is 14.7. The number of hydrogen-bond donors (Lipinski definition) is 9. The monoisotopic (exact) mass is 1970 g/mol. The highest BCUT2D eigenvalue weighted by Gasteiger charge is 2.58. The number of carbonyl (C=O) groups excluding carboxylic acids is 3. The van der Waals surface area contributed by atoms with Crippen LogP contribution in [0.4, 0.5) is 29.2 Å². The van der Waals surface area contributed by atoms with Gasteiger partial charge in [0, 0.05) is 24.8 Å². The Morgan fingerprint density at radius 2 is 0.960 bits per heavy atom. The van der Waals surface area contributed by atoms with Crippen molar-refractivity contribution in [3.05, 3.63) is 186 Å². The molecular formula is C81H102BrCl6F4N16O17P. The summed E-state index contributed by atoms with van der Waals surface area (Å²) in [5.74, 6) is -3.71. The van der Waals surface area contributed by atoms with Crippen molar-refractivity contribution in [3.8, 4) is 5.75 Å². The van der Waals surface area contributed by atoms with Crippen molar-refractivity contribution in [3.63, 3.8) is 0 Å². The Morgan fingerprint density at radius 3 is 1.40 bits per heavy atom. The van der Waals surface area contributed by atoms with E-state index in [1.165, 1.54) is 65.3 Å². The maximum absolute atomic E-state index is 14.7. The number of alkyl halides is 5. The Kier molecular flexibility index (Phi) is 38.3. The molecule has 4 aliphatic heterocycles. The molecule has 45 heteroatoms. The number of aromatic amines is 1. The lowest BCUT2D eigenvalue weighted by atomic mass is 9.99. The van der Waals surface area contributed by atoms with Crippen molar-refractivity contribution in [1.82, 2.24) is 63.6 Å². The smallest absolute Gasteiger partial charge is 0.459 e. The van der Waals surface area contributed by atoms with E-state index in [4.69, 9.17) is 128 Å². The van der Waals surface area contributed by atoms with Gasteiger partial charge in [-0.1, -0.05) is 137 Å². The molecular weight excluding hydrogens is 1870 g/mol. The Morgan fingerprint density at radius 1 is 0.571 bits per heavy atom. The normalized spacial score (nSPS) is 25.8. The van der Waals surface area contributed by atoms with Crippen LogP contribution in [0.2, 0.25) is 10.3 Å². The number of rotatable bonds is 19. The van der Waals surface area contributed by atoms with Crippen LogP contribution < -0.4 is 26.8 Å². The van der Waals surface area contributed by atoms with E-state index >= 15 is 0 Å². The second kappa shape index (κ2) is 45.3. The summed E-state index contributed by atoms with van der Waals surface area (Å²) >= 11 is 41.3. The van der Waals surface area contributed by atoms with Gasteiger partial charge in [-0.25, -0.2) is 71.6 Å². The summed E-state index contributed by atoms with van der Waals surface area (Å²) < 4.78 is 125. The summed E-state index contributed by atoms with van der Waals surface area (Å²) in [5.41, 5.74) is 17.8. The van der Waals surface area contributed by atoms with E-state index in [0.29, 0.717) is 23.2 Å². The molecule has 126 heavy (non-hydrogen) atoms. The second-order valence-electron chi connectivity index (χ2n) is 28.6. The lowest BCUT2D eigenvalue weighted by molar-refractivity contribution is -0.149. The zero-order valence-corrected chi connectivity index (χ0v) is 73.3. The molecule has 690 valence electrons. The van der Waals surface area contributed by atoms with Crippen molar-refractivity contribution in [2.75, 3.05) is 31.4 Å². The van der Waals surface area contributed by atoms with Crippen LogP contribution in [-0.2, 0) is 47.0 Å². The van der Waals surface area contributed by atoms with Crippen molar-refractivity contribution in [2.24, 2.45) is 5.73 Å². The highest BCUT2D eigenvalue weighted by Crippen LogP contribution is 2.52. The van der Waals surface area contributed by atoms with Crippen molar-refractivity contribution >= 4 is 167 Å². The van der Waals surface area contributed by atoms with E-state index in [0.717, 1.165) is 18.8 Å². The molecule has 0 spiro atoms. The molecule has 4 aliphatic rings. The number of fused-ring (bicyclic) bond motifs is 4. The van der Waals surface area contributed by atoms with Gasteiger partial charge in [0.15, 0.2) is 65.5 Å². The average Bonchev–Trinajstić information content (AvgIpc) is 1.61. The number of carbonyl (C=O) groups is 3. The van der Waals surface area contributed by atoms with Crippen LogP contribution in [0.3, 0.4) is 0 Å². The van der Waals surface area contributed by atoms with Gasteiger partial charge in [-0.3, -0.25) is 9.32 Å². The third-order valence-electron chi connectivity index (χ3n) is 19.5. The Balaban J connectivity index is 0.000000251. The molecule has 0 amide bonds. The number of nitrogen functional groups attached to an aromatic ring is 2. The summed E-state index contributed by atoms with van der Waals surface area (Å²) in [4.78, 5) is 66.0. The largest absolute Gasteiger partial charge is 0.462 e. The summed E-state index contributed by atoms with van der Waals surface area (Å²) in [5, 5.41) is 40.4. The third kappa shape index (κ3) is 23.5. The molecule has 3 aromatic carbocycles. The van der Waals surface area contributed by atoms with Gasteiger partial charge in [0.25, 0.3) is 0 Å². The Bertz CT molecular complexity index is 5480. The minimum Gasteiger partial charge on any atom is -0.462 e. The molecule has 0 aliphatic carbocycles. The Labute approximate surface area is 762 Å². The van der Waals surface area contributed by atoms with Crippen molar-refractivity contribution < 1.29 is 99.1 Å². The number of halogens is 11. The number of benzene rings is 3. The van der Waals surface area contributed by atoms with Crippen molar-refractivity contribution in [1.29, 1.82) is 0 Å². The van der Waals surface area contributed by atoms with Gasteiger partial charge in [-0.05, 0) is 97.7 Å². The SMILES string of the molecule is C.C.C.C.CC(C)OC(=O)[C@H](C)NP(=O)(OC[C@H]1O[C@@H](n2cc(F)c3c(N)ncnc32)[C@](C)(Cl)[C@@H]1O)Oc1ccccc1.CC[C@H]1OC(Br)[C@](C)(Cl)[C@@H]1OC(=O)c1ccccc1.CC[C@H]1OC(n2cc(F)c3c(Cl)ncnc32)[C@](C)(Cl)[C@@H]1OC(=O)c1ccccc1.C[C@]1(Cl)C(n2cc(F)c3c(N)ncnc32)O[C@H](CO)[C@H]1O.Fc1c[nH]c2ncnc(Cl)c12.NCO. The molecule has 0 saturated carbocycles. The predicted molar refractivity (Wildman–Crippen MR) is 475 cm³/mol. The zero-order chi connectivity index (χ0) is 89.3. The topological polar surface area (TPSA) is 456 Å². The lowest BCUT2D eigenvalue weighted by Crippen LogP contribution is -2.42. The molecule has 4 fully saturated rings. The van der Waals surface area contributed by atoms with Gasteiger partial charge in [-0.15, -0.1) is 46.4 Å². The zero-order valence-electron chi connectivity index (χ0n) is 66.2. The number of ether oxygens (including phenoxy) is 7. The van der Waals surface area contributed by atoms with Gasteiger partial charge in [0.1, 0.15) is 119 Å². The standard InChI is InChI=1S/C24H30ClFN5O7P.C20H18Cl2FN3O3.C14H16BrClO3.C12H14ClFN4O3.C6H3ClFN3.CH5NO.4CH4/c1-13(2)36-22(33)14(3)30-39(34,38-15-8-6-5-7-9-15)35-11-17-19(32)24(4,25)23(37-17)31-10-16(26)18-20(27)28-12-29-21(18)31;1-3-13-15(29-18(27)11-7-5-4-6-8-11)20(2,22)19(28-13)26-9-12(23)14-16(21)24-10-25-17(14)26;1-3-10-11(14(2,16)13(15)18-10)19-12(17)9-7-5-4-6-8-9;1-12(13)8(20)6(3-19)21-11(12)18-2-5(14)7-9(15)16-4-17-10(7)18;7-5-4-3(8)1-9-6(4)11-2-10-5;2-1-3;;;;/h5-10,12-14,17,19,23,32H,11H2,1-4H3,(H,30,34)(H2,27,28,29);4-10,13,15,19H,3H2,1-2H3;4-8,10-11,13H,3H2,1-2H3;2,4,6,8,11,19-20H,3H2,1H3,(H2,15,16,17);1-2H,(H,9,10,11);3H,1-2H2;4*1H4/t14-,17+,19+,23+,24+,39?;13-,15-,19?,20-;10-,11-,13?,14-;6-,8-,11?,12-;;;;;;/m0111....../s1. The number of nitrogens with zero attached hydrogens (tertiary/aromatic N) is 11. The first-order valence-corrected chi connectivity index (χ1v) is 42.0. The number of hydrogen-bond acceptors (Lipinski definition) is 28. The summed E-state index contributed by atoms with van der Waals surface area (Å²) in [6.07, 6.45) is 1.20. The molecule has 18 atom stereocenters. The maximum Gasteiger partial charge on any atom is 0.459 e. The summed E-state index contributed by atoms with van der Waals surface area (Å²) in [6, 6.07) is 24.6. The van der Waals surface area contributed by atoms with E-state index in [9.17, 15) is 51.8 Å². The molecule has 12 heterocycles. The van der Waals surface area contributed by atoms with Gasteiger partial charge < -0.3 is 94.0 Å². The van der Waals surface area contributed by atoms with Crippen LogP contribution in [0.25, 0.3) is 44.1 Å². The molecule has 33 nitrogen and oxygen atoms in total. The van der Waals surface area contributed by atoms with Crippen LogP contribution >= 0.6 is 93.3 Å². The van der Waals surface area contributed by atoms with E-state index in [1.54, 1.807) is 107 Å². The van der Waals surface area contributed by atoms with Crippen molar-refractivity contribution in [2.45, 2.75) is 209 Å². The minimum atomic E-state index is -4.24. The molecule has 15 rings (SSSR count). The third-order valence-corrected chi connectivity index (χ3v) is 24.8. The fourth-order valence-electron chi connectivity index (χ4n) is 13.4. The first-order chi connectivity index (χ1) is 57.7. The number of anilines is 2. The quantitative estimate of drug-likeness (QED) is 0.00690. The summed E-state index contributed by atoms with van der Waals surface area (Å²) in [7, 11) is -4.24. The number of aromatic nitrogens is 12. The van der Waals surface area contributed by atoms with Gasteiger partial charge in [0.05, 0.1) is 70.9 Å². The number of nitrogens with two attached hydrogens (primary N) is 3. The lowest BCUT2D eigenvalue weighted by Gasteiger charge is -2.29. The minimum absolute atomic E-state index is 0. The molecule has 11 aromatic rings. The molecule has 4 saturated heterocycles.